The summed E-state index contributed by atoms with van der Waals surface area (Å²) >= 11 is 1.26. The highest BCUT2D eigenvalue weighted by Gasteiger charge is 2.40. The van der Waals surface area contributed by atoms with Crippen LogP contribution in [0.3, 0.4) is 0 Å². The number of esters is 1. The van der Waals surface area contributed by atoms with Crippen LogP contribution >= 0.6 is 11.3 Å². The quantitative estimate of drug-likeness (QED) is 0.220. The number of carbonyl (C=O) groups excluding carboxylic acids is 1. The number of rotatable bonds is 10. The van der Waals surface area contributed by atoms with Crippen LogP contribution in [-0.2, 0) is 22.4 Å². The summed E-state index contributed by atoms with van der Waals surface area (Å²) in [6, 6.07) is 14.4. The van der Waals surface area contributed by atoms with Crippen molar-refractivity contribution in [2.24, 2.45) is 16.7 Å². The Morgan fingerprint density at radius 2 is 1.48 bits per heavy atom. The molecule has 0 saturated carbocycles. The Labute approximate surface area is 257 Å². The van der Waals surface area contributed by atoms with Crippen LogP contribution in [0.2, 0.25) is 0 Å². The molecule has 5 heteroatoms. The molecule has 3 rings (SSSR count). The summed E-state index contributed by atoms with van der Waals surface area (Å²) in [7, 11) is 0. The van der Waals surface area contributed by atoms with E-state index in [0.717, 1.165) is 40.5 Å². The van der Waals surface area contributed by atoms with Crippen molar-refractivity contribution in [3.05, 3.63) is 63.1 Å². The normalized spacial score (nSPS) is 13.7. The van der Waals surface area contributed by atoms with Gasteiger partial charge >= 0.3 is 5.97 Å². The van der Waals surface area contributed by atoms with Crippen LogP contribution in [0.5, 0.6) is 5.75 Å². The van der Waals surface area contributed by atoms with E-state index in [1.807, 2.05) is 52.0 Å². The Hall–Kier alpha value is -2.66. The van der Waals surface area contributed by atoms with Crippen molar-refractivity contribution in [3.63, 3.8) is 0 Å². The van der Waals surface area contributed by atoms with E-state index in [1.54, 1.807) is 0 Å². The smallest absolute Gasteiger partial charge is 0.310 e. The molecule has 0 amide bonds. The molecule has 1 heterocycles. The lowest BCUT2D eigenvalue weighted by atomic mass is 9.72. The summed E-state index contributed by atoms with van der Waals surface area (Å²) in [6.07, 6.45) is 3.13. The summed E-state index contributed by atoms with van der Waals surface area (Å²) < 4.78 is 13.6. The minimum absolute atomic E-state index is 0.0171. The van der Waals surface area contributed by atoms with Crippen LogP contribution in [0, 0.1) is 16.7 Å². The van der Waals surface area contributed by atoms with E-state index in [0.29, 0.717) is 12.2 Å². The maximum atomic E-state index is 13.4. The average molecular weight is 593 g/mol. The molecule has 3 aromatic rings. The number of hydrogen-bond acceptors (Lipinski definition) is 5. The SMILES string of the molecule is CCc1ccc(-c2cc3ccc(OC(C)(C)CC(C)(C)OC(=O)C(CC(C)(C)C)C(C)(C)C)cc3sc2=O)c(CC)c1. The molecule has 0 spiro atoms. The molecule has 0 saturated heterocycles. The maximum Gasteiger partial charge on any atom is 0.310 e. The van der Waals surface area contributed by atoms with Gasteiger partial charge in [-0.3, -0.25) is 9.59 Å². The Morgan fingerprint density at radius 3 is 2.05 bits per heavy atom. The van der Waals surface area contributed by atoms with Gasteiger partial charge in [0, 0.05) is 16.7 Å². The highest BCUT2D eigenvalue weighted by molar-refractivity contribution is 7.16. The molecule has 0 radical (unpaired) electrons. The van der Waals surface area contributed by atoms with Crippen LogP contribution in [0.4, 0.5) is 0 Å². The third-order valence-electron chi connectivity index (χ3n) is 7.73. The molecule has 2 aromatic carbocycles. The predicted octanol–water partition coefficient (Wildman–Crippen LogP) is 10.0. The number of aryl methyl sites for hydroxylation is 2. The molecule has 0 aliphatic rings. The Bertz CT molecular complexity index is 1460. The lowest BCUT2D eigenvalue weighted by Crippen LogP contribution is -2.43. The molecule has 0 aliphatic heterocycles. The van der Waals surface area contributed by atoms with Gasteiger partial charge in [0.25, 0.3) is 0 Å². The van der Waals surface area contributed by atoms with Gasteiger partial charge in [0.05, 0.1) is 5.92 Å². The van der Waals surface area contributed by atoms with Crippen LogP contribution in [0.25, 0.3) is 21.2 Å². The second kappa shape index (κ2) is 12.5. The van der Waals surface area contributed by atoms with Gasteiger partial charge in [-0.15, -0.1) is 0 Å². The van der Waals surface area contributed by atoms with E-state index in [2.05, 4.69) is 73.6 Å². The lowest BCUT2D eigenvalue weighted by molar-refractivity contribution is -0.170. The van der Waals surface area contributed by atoms with Crippen LogP contribution in [0.15, 0.2) is 47.3 Å². The maximum absolute atomic E-state index is 13.4. The van der Waals surface area contributed by atoms with Gasteiger partial charge in [-0.1, -0.05) is 84.9 Å². The van der Waals surface area contributed by atoms with E-state index < -0.39 is 11.2 Å². The molecule has 0 fully saturated rings. The molecular formula is C37H52O4S. The van der Waals surface area contributed by atoms with Crippen molar-refractivity contribution in [1.82, 2.24) is 0 Å². The summed E-state index contributed by atoms with van der Waals surface area (Å²) in [4.78, 5) is 26.7. The summed E-state index contributed by atoms with van der Waals surface area (Å²) in [5, 5.41) is 1.02. The first kappa shape index (κ1) is 33.8. The van der Waals surface area contributed by atoms with Crippen molar-refractivity contribution in [2.75, 3.05) is 0 Å². The fourth-order valence-electron chi connectivity index (χ4n) is 5.88. The third kappa shape index (κ3) is 8.92. The average Bonchev–Trinajstić information content (AvgIpc) is 2.84. The van der Waals surface area contributed by atoms with Gasteiger partial charge in [-0.2, -0.15) is 0 Å². The zero-order chi connectivity index (χ0) is 31.7. The zero-order valence-corrected chi connectivity index (χ0v) is 28.8. The first-order chi connectivity index (χ1) is 19.2. The molecule has 1 aromatic heterocycles. The summed E-state index contributed by atoms with van der Waals surface area (Å²) in [5.41, 5.74) is 2.75. The molecular weight excluding hydrogens is 540 g/mol. The van der Waals surface area contributed by atoms with E-state index >= 15 is 0 Å². The van der Waals surface area contributed by atoms with E-state index in [4.69, 9.17) is 9.47 Å². The first-order valence-electron chi connectivity index (χ1n) is 15.4. The molecule has 0 bridgehead atoms. The minimum Gasteiger partial charge on any atom is -0.488 e. The Kier molecular flexibility index (Phi) is 10.1. The van der Waals surface area contributed by atoms with Crippen molar-refractivity contribution in [2.45, 2.75) is 120 Å². The van der Waals surface area contributed by atoms with Gasteiger partial charge in [0.15, 0.2) is 0 Å². The summed E-state index contributed by atoms with van der Waals surface area (Å²) in [6.45, 7) is 25.0. The second-order valence-corrected chi connectivity index (χ2v) is 16.3. The monoisotopic (exact) mass is 592 g/mol. The van der Waals surface area contributed by atoms with Crippen LogP contribution in [0.1, 0.15) is 107 Å². The molecule has 230 valence electrons. The highest BCUT2D eigenvalue weighted by Crippen LogP contribution is 2.39. The van der Waals surface area contributed by atoms with Crippen molar-refractivity contribution in [3.8, 4) is 16.9 Å². The second-order valence-electron chi connectivity index (χ2n) is 15.2. The Morgan fingerprint density at radius 1 is 0.810 bits per heavy atom. The first-order valence-corrected chi connectivity index (χ1v) is 16.2. The third-order valence-corrected chi connectivity index (χ3v) is 8.70. The number of carbonyl (C=O) groups is 1. The standard InChI is InChI=1S/C37H52O4S/c1-13-24-15-18-28(25(14-2)19-24)29-20-26-16-17-27(21-31(26)42-33(29)39)40-36(9,10)23-37(11,12)41-32(38)30(35(6,7)8)22-34(3,4)5/h15-21,30H,13-14,22-23H2,1-12H3. The van der Waals surface area contributed by atoms with Gasteiger partial charge in [0.1, 0.15) is 17.0 Å². The molecule has 42 heavy (non-hydrogen) atoms. The van der Waals surface area contributed by atoms with Crippen LogP contribution in [-0.4, -0.2) is 17.2 Å². The Balaban J connectivity index is 1.81. The van der Waals surface area contributed by atoms with E-state index in [1.165, 1.54) is 22.5 Å². The number of benzene rings is 2. The highest BCUT2D eigenvalue weighted by atomic mass is 32.1. The summed E-state index contributed by atoms with van der Waals surface area (Å²) in [5.74, 6) is 0.340. The van der Waals surface area contributed by atoms with Gasteiger partial charge < -0.3 is 9.47 Å². The molecule has 0 aliphatic carbocycles. The molecule has 0 N–H and O–H groups in total. The van der Waals surface area contributed by atoms with Crippen molar-refractivity contribution >= 4 is 27.4 Å². The van der Waals surface area contributed by atoms with Crippen molar-refractivity contribution < 1.29 is 14.3 Å². The molecule has 4 nitrogen and oxygen atoms in total. The lowest BCUT2D eigenvalue weighted by Gasteiger charge is -2.39. The van der Waals surface area contributed by atoms with Gasteiger partial charge in [-0.25, -0.2) is 0 Å². The van der Waals surface area contributed by atoms with E-state index in [9.17, 15) is 9.59 Å². The number of hydrogen-bond donors (Lipinski definition) is 0. The fourth-order valence-corrected chi connectivity index (χ4v) is 6.78. The van der Waals surface area contributed by atoms with Crippen LogP contribution < -0.4 is 9.48 Å². The number of ether oxygens (including phenoxy) is 2. The van der Waals surface area contributed by atoms with Gasteiger partial charge in [0.2, 0.25) is 4.74 Å². The minimum atomic E-state index is -0.719. The zero-order valence-electron chi connectivity index (χ0n) is 28.0. The fraction of sp³-hybridized carbons (Fsp3) is 0.568. The molecule has 1 atom stereocenters. The molecule has 1 unspecified atom stereocenters. The largest absolute Gasteiger partial charge is 0.488 e. The predicted molar refractivity (Wildman–Crippen MR) is 179 cm³/mol. The number of fused-ring (bicyclic) bond motifs is 1. The van der Waals surface area contributed by atoms with E-state index in [-0.39, 0.29) is 27.5 Å². The van der Waals surface area contributed by atoms with Gasteiger partial charge in [-0.05, 0) is 104 Å². The van der Waals surface area contributed by atoms with Crippen molar-refractivity contribution in [1.29, 1.82) is 0 Å². The topological polar surface area (TPSA) is 52.6 Å².